The number of morpholine rings is 1. The normalized spacial score (nSPS) is 17.6. The van der Waals surface area contributed by atoms with E-state index in [9.17, 15) is 4.79 Å². The number of para-hydroxylation sites is 1. The number of benzene rings is 1. The van der Waals surface area contributed by atoms with Crippen LogP contribution in [0.3, 0.4) is 0 Å². The van der Waals surface area contributed by atoms with Crippen LogP contribution in [0, 0.1) is 0 Å². The monoisotopic (exact) mass is 277 g/mol. The lowest BCUT2D eigenvalue weighted by Gasteiger charge is -2.27. The molecule has 0 saturated carbocycles. The van der Waals surface area contributed by atoms with Gasteiger partial charge in [-0.25, -0.2) is 0 Å². The molecule has 0 unspecified atom stereocenters. The third-order valence-electron chi connectivity index (χ3n) is 3.42. The zero-order chi connectivity index (χ0) is 14.2. The Morgan fingerprint density at radius 1 is 1.30 bits per heavy atom. The molecule has 0 bridgehead atoms. The Morgan fingerprint density at radius 3 is 2.70 bits per heavy atom. The molecule has 0 radical (unpaired) electrons. The molecular weight excluding hydrogens is 254 g/mol. The summed E-state index contributed by atoms with van der Waals surface area (Å²) in [6.45, 7) is 7.22. The molecule has 20 heavy (non-hydrogen) atoms. The van der Waals surface area contributed by atoms with Crippen LogP contribution in [0.5, 0.6) is 0 Å². The minimum Gasteiger partial charge on any atom is -0.379 e. The van der Waals surface area contributed by atoms with E-state index in [2.05, 4.69) is 15.5 Å². The highest BCUT2D eigenvalue weighted by Gasteiger charge is 2.14. The average Bonchev–Trinajstić information content (AvgIpc) is 2.49. The van der Waals surface area contributed by atoms with Gasteiger partial charge >= 0.3 is 0 Å². The summed E-state index contributed by atoms with van der Waals surface area (Å²) in [7, 11) is 0. The molecule has 2 N–H and O–H groups in total. The van der Waals surface area contributed by atoms with Crippen molar-refractivity contribution in [2.24, 2.45) is 0 Å². The predicted molar refractivity (Wildman–Crippen MR) is 79.8 cm³/mol. The molecule has 1 amide bonds. The van der Waals surface area contributed by atoms with Crippen LogP contribution in [0.2, 0.25) is 0 Å². The predicted octanol–water partition coefficient (Wildman–Crippen LogP) is 0.935. The zero-order valence-electron chi connectivity index (χ0n) is 12.0. The Bertz CT molecular complexity index is 405. The highest BCUT2D eigenvalue weighted by Crippen LogP contribution is 2.05. The van der Waals surface area contributed by atoms with E-state index < -0.39 is 0 Å². The second-order valence-corrected chi connectivity index (χ2v) is 4.99. The molecule has 1 fully saturated rings. The number of hydrogen-bond acceptors (Lipinski definition) is 4. The Hall–Kier alpha value is -1.43. The number of amides is 1. The molecule has 5 nitrogen and oxygen atoms in total. The fraction of sp³-hybridized carbons (Fsp3) is 0.533. The molecule has 2 rings (SSSR count). The van der Waals surface area contributed by atoms with E-state index in [0.29, 0.717) is 0 Å². The van der Waals surface area contributed by atoms with E-state index in [1.807, 2.05) is 37.3 Å². The first kappa shape index (κ1) is 15.0. The van der Waals surface area contributed by atoms with Crippen LogP contribution >= 0.6 is 0 Å². The summed E-state index contributed by atoms with van der Waals surface area (Å²) < 4.78 is 5.31. The third kappa shape index (κ3) is 4.92. The van der Waals surface area contributed by atoms with Crippen molar-refractivity contribution < 1.29 is 9.53 Å². The minimum absolute atomic E-state index is 0.00169. The summed E-state index contributed by atoms with van der Waals surface area (Å²) >= 11 is 0. The van der Waals surface area contributed by atoms with E-state index in [1.54, 1.807) is 0 Å². The average molecular weight is 277 g/mol. The summed E-state index contributed by atoms with van der Waals surface area (Å²) in [6, 6.07) is 9.32. The van der Waals surface area contributed by atoms with Gasteiger partial charge in [-0.1, -0.05) is 18.2 Å². The maximum absolute atomic E-state index is 12.0. The number of carbonyl (C=O) groups is 1. The van der Waals surface area contributed by atoms with Crippen LogP contribution in [0.25, 0.3) is 0 Å². The summed E-state index contributed by atoms with van der Waals surface area (Å²) in [5, 5.41) is 6.15. The fourth-order valence-electron chi connectivity index (χ4n) is 2.13. The molecule has 0 spiro atoms. The summed E-state index contributed by atoms with van der Waals surface area (Å²) in [4.78, 5) is 14.3. The first-order valence-corrected chi connectivity index (χ1v) is 7.15. The molecule has 1 aliphatic rings. The lowest BCUT2D eigenvalue weighted by Crippen LogP contribution is -2.44. The van der Waals surface area contributed by atoms with Crippen molar-refractivity contribution in [1.29, 1.82) is 0 Å². The largest absolute Gasteiger partial charge is 0.379 e. The van der Waals surface area contributed by atoms with Gasteiger partial charge in [0.2, 0.25) is 5.91 Å². The first-order chi connectivity index (χ1) is 9.75. The molecular formula is C15H23N3O2. The minimum atomic E-state index is -0.198. The van der Waals surface area contributed by atoms with Crippen LogP contribution in [0.4, 0.5) is 5.69 Å². The standard InChI is InChI=1S/C15H23N3O2/c1-13(15(19)17-14-5-3-2-4-6-14)16-7-8-18-9-11-20-12-10-18/h2-6,13,16H,7-12H2,1H3,(H,17,19)/t13-/m0/s1. The number of nitrogens with zero attached hydrogens (tertiary/aromatic N) is 1. The Kier molecular flexibility index (Phi) is 5.98. The second-order valence-electron chi connectivity index (χ2n) is 4.99. The molecule has 1 saturated heterocycles. The number of ether oxygens (including phenoxy) is 1. The van der Waals surface area contributed by atoms with Crippen molar-refractivity contribution in [1.82, 2.24) is 10.2 Å². The van der Waals surface area contributed by atoms with Crippen molar-refractivity contribution in [2.45, 2.75) is 13.0 Å². The molecule has 1 aromatic rings. The van der Waals surface area contributed by atoms with E-state index >= 15 is 0 Å². The Labute approximate surface area is 120 Å². The first-order valence-electron chi connectivity index (χ1n) is 7.15. The SMILES string of the molecule is C[C@H](NCCN1CCOCC1)C(=O)Nc1ccccc1. The molecule has 0 aliphatic carbocycles. The Balaban J connectivity index is 1.66. The van der Waals surface area contributed by atoms with Gasteiger partial charge in [-0.05, 0) is 19.1 Å². The van der Waals surface area contributed by atoms with Gasteiger partial charge in [0.05, 0.1) is 19.3 Å². The lowest BCUT2D eigenvalue weighted by molar-refractivity contribution is -0.117. The maximum atomic E-state index is 12.0. The quantitative estimate of drug-likeness (QED) is 0.812. The summed E-state index contributed by atoms with van der Waals surface area (Å²) in [5.74, 6) is -0.00169. The number of rotatable bonds is 6. The van der Waals surface area contributed by atoms with Crippen LogP contribution < -0.4 is 10.6 Å². The van der Waals surface area contributed by atoms with Gasteiger partial charge < -0.3 is 15.4 Å². The van der Waals surface area contributed by atoms with Gasteiger partial charge in [0, 0.05) is 31.9 Å². The molecule has 5 heteroatoms. The summed E-state index contributed by atoms with van der Waals surface area (Å²) in [5.41, 5.74) is 0.833. The van der Waals surface area contributed by atoms with Gasteiger partial charge in [-0.2, -0.15) is 0 Å². The molecule has 1 aliphatic heterocycles. The van der Waals surface area contributed by atoms with Crippen LogP contribution in [0.1, 0.15) is 6.92 Å². The number of hydrogen-bond donors (Lipinski definition) is 2. The van der Waals surface area contributed by atoms with E-state index in [1.165, 1.54) is 0 Å². The highest BCUT2D eigenvalue weighted by molar-refractivity contribution is 5.94. The number of carbonyl (C=O) groups excluding carboxylic acids is 1. The van der Waals surface area contributed by atoms with Gasteiger partial charge in [0.1, 0.15) is 0 Å². The van der Waals surface area contributed by atoms with Gasteiger partial charge in [0.25, 0.3) is 0 Å². The van der Waals surface area contributed by atoms with Crippen molar-refractivity contribution in [3.05, 3.63) is 30.3 Å². The van der Waals surface area contributed by atoms with E-state index in [-0.39, 0.29) is 11.9 Å². The molecule has 1 atom stereocenters. The summed E-state index contributed by atoms with van der Waals surface area (Å²) in [6.07, 6.45) is 0. The zero-order valence-corrected chi connectivity index (χ0v) is 12.0. The maximum Gasteiger partial charge on any atom is 0.241 e. The van der Waals surface area contributed by atoms with Crippen LogP contribution in [-0.2, 0) is 9.53 Å². The van der Waals surface area contributed by atoms with E-state index in [0.717, 1.165) is 45.1 Å². The van der Waals surface area contributed by atoms with Gasteiger partial charge in [0.15, 0.2) is 0 Å². The molecule has 1 heterocycles. The molecule has 0 aromatic heterocycles. The van der Waals surface area contributed by atoms with Crippen molar-refractivity contribution in [3.8, 4) is 0 Å². The van der Waals surface area contributed by atoms with Gasteiger partial charge in [-0.3, -0.25) is 9.69 Å². The van der Waals surface area contributed by atoms with Crippen LogP contribution in [-0.4, -0.2) is 56.2 Å². The molecule has 110 valence electrons. The highest BCUT2D eigenvalue weighted by atomic mass is 16.5. The lowest BCUT2D eigenvalue weighted by atomic mass is 10.2. The smallest absolute Gasteiger partial charge is 0.241 e. The van der Waals surface area contributed by atoms with Crippen LogP contribution in [0.15, 0.2) is 30.3 Å². The van der Waals surface area contributed by atoms with Crippen molar-refractivity contribution in [2.75, 3.05) is 44.7 Å². The topological polar surface area (TPSA) is 53.6 Å². The van der Waals surface area contributed by atoms with Crippen molar-refractivity contribution >= 4 is 11.6 Å². The van der Waals surface area contributed by atoms with Crippen molar-refractivity contribution in [3.63, 3.8) is 0 Å². The number of anilines is 1. The van der Waals surface area contributed by atoms with E-state index in [4.69, 9.17) is 4.74 Å². The third-order valence-corrected chi connectivity index (χ3v) is 3.42. The molecule has 1 aromatic carbocycles. The Morgan fingerprint density at radius 2 is 2.00 bits per heavy atom. The fourth-order valence-corrected chi connectivity index (χ4v) is 2.13. The second kappa shape index (κ2) is 7.99. The van der Waals surface area contributed by atoms with Gasteiger partial charge in [-0.15, -0.1) is 0 Å². The number of nitrogens with one attached hydrogen (secondary N) is 2.